The van der Waals surface area contributed by atoms with Crippen molar-refractivity contribution in [1.82, 2.24) is 5.32 Å². The van der Waals surface area contributed by atoms with Gasteiger partial charge in [-0.05, 0) is 45.8 Å². The van der Waals surface area contributed by atoms with E-state index in [1.54, 1.807) is 6.07 Å². The first-order chi connectivity index (χ1) is 7.65. The Morgan fingerprint density at radius 1 is 1.38 bits per heavy atom. The predicted molar refractivity (Wildman–Crippen MR) is 67.5 cm³/mol. The Balaban J connectivity index is 2.51. The van der Waals surface area contributed by atoms with Gasteiger partial charge in [0, 0.05) is 11.6 Å². The number of nitrogens with one attached hydrogen (secondary N) is 1. The minimum Gasteiger partial charge on any atom is -0.508 e. The van der Waals surface area contributed by atoms with Crippen LogP contribution >= 0.6 is 0 Å². The van der Waals surface area contributed by atoms with Gasteiger partial charge in [0.15, 0.2) is 0 Å². The molecular formula is C13H22N2O. The Morgan fingerprint density at radius 2 is 2.12 bits per heavy atom. The van der Waals surface area contributed by atoms with E-state index in [1.165, 1.54) is 5.56 Å². The molecule has 3 heteroatoms. The van der Waals surface area contributed by atoms with Crippen molar-refractivity contribution in [2.24, 2.45) is 5.73 Å². The molecule has 0 aliphatic heterocycles. The van der Waals surface area contributed by atoms with Crippen LogP contribution in [0.3, 0.4) is 0 Å². The molecule has 16 heavy (non-hydrogen) atoms. The van der Waals surface area contributed by atoms with Gasteiger partial charge in [-0.2, -0.15) is 0 Å². The second-order valence-corrected chi connectivity index (χ2v) is 4.23. The van der Waals surface area contributed by atoms with Gasteiger partial charge < -0.3 is 16.2 Å². The monoisotopic (exact) mass is 222 g/mol. The summed E-state index contributed by atoms with van der Waals surface area (Å²) < 4.78 is 0. The molecule has 0 radical (unpaired) electrons. The number of nitrogens with two attached hydrogens (primary N) is 1. The Kier molecular flexibility index (Phi) is 5.29. The first-order valence-electron chi connectivity index (χ1n) is 5.88. The number of phenols is 1. The number of benzene rings is 1. The van der Waals surface area contributed by atoms with Gasteiger partial charge in [-0.15, -0.1) is 0 Å². The van der Waals surface area contributed by atoms with E-state index in [9.17, 15) is 5.11 Å². The predicted octanol–water partition coefficient (Wildman–Crippen LogP) is 2.09. The molecule has 1 aromatic carbocycles. The van der Waals surface area contributed by atoms with Crippen LogP contribution in [-0.4, -0.2) is 18.2 Å². The Hall–Kier alpha value is -1.06. The van der Waals surface area contributed by atoms with Crippen LogP contribution in [0.2, 0.25) is 0 Å². The molecule has 90 valence electrons. The minimum absolute atomic E-state index is 0.178. The van der Waals surface area contributed by atoms with Gasteiger partial charge in [0.1, 0.15) is 5.75 Å². The van der Waals surface area contributed by atoms with Crippen molar-refractivity contribution in [3.05, 3.63) is 29.3 Å². The van der Waals surface area contributed by atoms with E-state index >= 15 is 0 Å². The molecule has 0 aromatic heterocycles. The summed E-state index contributed by atoms with van der Waals surface area (Å²) >= 11 is 0. The molecule has 0 saturated carbocycles. The van der Waals surface area contributed by atoms with E-state index in [0.29, 0.717) is 5.75 Å². The molecule has 1 rings (SSSR count). The van der Waals surface area contributed by atoms with Gasteiger partial charge in [-0.1, -0.05) is 17.7 Å². The summed E-state index contributed by atoms with van der Waals surface area (Å²) in [5.41, 5.74) is 7.57. The van der Waals surface area contributed by atoms with Crippen molar-refractivity contribution in [1.29, 1.82) is 0 Å². The first kappa shape index (κ1) is 13.0. The topological polar surface area (TPSA) is 58.3 Å². The third-order valence-corrected chi connectivity index (χ3v) is 2.73. The fraction of sp³-hybridized carbons (Fsp3) is 0.538. The molecule has 1 aromatic rings. The van der Waals surface area contributed by atoms with Gasteiger partial charge >= 0.3 is 0 Å². The zero-order chi connectivity index (χ0) is 12.0. The third kappa shape index (κ3) is 3.83. The lowest BCUT2D eigenvalue weighted by Gasteiger charge is -2.16. The average Bonchev–Trinajstić information content (AvgIpc) is 2.27. The molecule has 0 fully saturated rings. The summed E-state index contributed by atoms with van der Waals surface area (Å²) in [5, 5.41) is 13.1. The van der Waals surface area contributed by atoms with E-state index in [1.807, 2.05) is 19.1 Å². The molecule has 0 heterocycles. The smallest absolute Gasteiger partial charge is 0.120 e. The van der Waals surface area contributed by atoms with Crippen molar-refractivity contribution >= 4 is 0 Å². The lowest BCUT2D eigenvalue weighted by atomic mass is 10.0. The zero-order valence-electron chi connectivity index (χ0n) is 10.2. The summed E-state index contributed by atoms with van der Waals surface area (Å²) in [7, 11) is 0. The van der Waals surface area contributed by atoms with Gasteiger partial charge in [0.2, 0.25) is 0 Å². The van der Waals surface area contributed by atoms with Crippen molar-refractivity contribution in [3.63, 3.8) is 0 Å². The van der Waals surface area contributed by atoms with Crippen LogP contribution in [0.5, 0.6) is 5.75 Å². The van der Waals surface area contributed by atoms with Crippen LogP contribution in [0.1, 0.15) is 36.9 Å². The standard InChI is InChI=1S/C13H22N2O/c1-10-5-6-13(16)12(9-10)11(2)15-8-4-3-7-14/h5-6,9,11,15-16H,3-4,7-8,14H2,1-2H3. The first-order valence-corrected chi connectivity index (χ1v) is 5.88. The van der Waals surface area contributed by atoms with Crippen LogP contribution in [-0.2, 0) is 0 Å². The molecule has 0 bridgehead atoms. The number of aromatic hydroxyl groups is 1. The number of aryl methyl sites for hydroxylation is 1. The maximum absolute atomic E-state index is 9.75. The van der Waals surface area contributed by atoms with Gasteiger partial charge in [-0.25, -0.2) is 0 Å². The molecular weight excluding hydrogens is 200 g/mol. The maximum Gasteiger partial charge on any atom is 0.120 e. The molecule has 0 aliphatic carbocycles. The van der Waals surface area contributed by atoms with Gasteiger partial charge in [0.25, 0.3) is 0 Å². The van der Waals surface area contributed by atoms with Crippen LogP contribution in [0.4, 0.5) is 0 Å². The highest BCUT2D eigenvalue weighted by Gasteiger charge is 2.09. The lowest BCUT2D eigenvalue weighted by Crippen LogP contribution is -2.20. The van der Waals surface area contributed by atoms with Crippen molar-refractivity contribution < 1.29 is 5.11 Å². The lowest BCUT2D eigenvalue weighted by molar-refractivity contribution is 0.451. The summed E-state index contributed by atoms with van der Waals surface area (Å²) in [6, 6.07) is 5.87. The highest BCUT2D eigenvalue weighted by molar-refractivity contribution is 5.37. The fourth-order valence-corrected chi connectivity index (χ4v) is 1.72. The fourth-order valence-electron chi connectivity index (χ4n) is 1.72. The molecule has 4 N–H and O–H groups in total. The summed E-state index contributed by atoms with van der Waals surface area (Å²) in [4.78, 5) is 0. The van der Waals surface area contributed by atoms with E-state index in [0.717, 1.165) is 31.5 Å². The Morgan fingerprint density at radius 3 is 2.81 bits per heavy atom. The molecule has 0 amide bonds. The van der Waals surface area contributed by atoms with Crippen molar-refractivity contribution in [2.75, 3.05) is 13.1 Å². The minimum atomic E-state index is 0.178. The summed E-state index contributed by atoms with van der Waals surface area (Å²) in [6.07, 6.45) is 2.12. The van der Waals surface area contributed by atoms with E-state index in [-0.39, 0.29) is 6.04 Å². The van der Waals surface area contributed by atoms with Gasteiger partial charge in [-0.3, -0.25) is 0 Å². The largest absolute Gasteiger partial charge is 0.508 e. The third-order valence-electron chi connectivity index (χ3n) is 2.73. The highest BCUT2D eigenvalue weighted by atomic mass is 16.3. The second-order valence-electron chi connectivity index (χ2n) is 4.23. The quantitative estimate of drug-likeness (QED) is 0.646. The molecule has 0 spiro atoms. The molecule has 0 saturated heterocycles. The van der Waals surface area contributed by atoms with Gasteiger partial charge in [0.05, 0.1) is 0 Å². The number of unbranched alkanes of at least 4 members (excludes halogenated alkanes) is 1. The highest BCUT2D eigenvalue weighted by Crippen LogP contribution is 2.24. The molecule has 1 unspecified atom stereocenters. The summed E-state index contributed by atoms with van der Waals surface area (Å²) in [5.74, 6) is 0.365. The van der Waals surface area contributed by atoms with E-state index in [2.05, 4.69) is 12.2 Å². The number of phenolic OH excluding ortho intramolecular Hbond substituents is 1. The Bertz CT molecular complexity index is 326. The van der Waals surface area contributed by atoms with Crippen molar-refractivity contribution in [3.8, 4) is 5.75 Å². The van der Waals surface area contributed by atoms with Crippen molar-refractivity contribution in [2.45, 2.75) is 32.7 Å². The van der Waals surface area contributed by atoms with Crippen LogP contribution in [0, 0.1) is 6.92 Å². The SMILES string of the molecule is Cc1ccc(O)c(C(C)NCCCCN)c1. The maximum atomic E-state index is 9.75. The molecule has 1 atom stereocenters. The van der Waals surface area contributed by atoms with E-state index < -0.39 is 0 Å². The van der Waals surface area contributed by atoms with Crippen LogP contribution < -0.4 is 11.1 Å². The normalized spacial score (nSPS) is 12.7. The zero-order valence-corrected chi connectivity index (χ0v) is 10.2. The van der Waals surface area contributed by atoms with E-state index in [4.69, 9.17) is 5.73 Å². The number of rotatable bonds is 6. The summed E-state index contributed by atoms with van der Waals surface area (Å²) in [6.45, 7) is 5.78. The second kappa shape index (κ2) is 6.51. The number of hydrogen-bond acceptors (Lipinski definition) is 3. The van der Waals surface area contributed by atoms with Crippen LogP contribution in [0.25, 0.3) is 0 Å². The molecule has 3 nitrogen and oxygen atoms in total. The van der Waals surface area contributed by atoms with Crippen LogP contribution in [0.15, 0.2) is 18.2 Å². The average molecular weight is 222 g/mol. The Labute approximate surface area is 97.7 Å². The number of hydrogen-bond donors (Lipinski definition) is 3. The molecule has 0 aliphatic rings.